The third-order valence-corrected chi connectivity index (χ3v) is 29.4. The summed E-state index contributed by atoms with van der Waals surface area (Å²) in [4.78, 5) is 4.53. The Balaban J connectivity index is 2.77. The van der Waals surface area contributed by atoms with E-state index in [-0.39, 0.29) is 21.7 Å². The molecule has 0 amide bonds. The van der Waals surface area contributed by atoms with Gasteiger partial charge in [-0.3, -0.25) is 0 Å². The van der Waals surface area contributed by atoms with E-state index in [0.717, 1.165) is 0 Å². The van der Waals surface area contributed by atoms with E-state index in [2.05, 4.69) is 145 Å². The second-order valence-electron chi connectivity index (χ2n) is 15.5. The molecule has 0 atom stereocenters. The second-order valence-corrected chi connectivity index (χ2v) is 49.1. The quantitative estimate of drug-likeness (QED) is 0.219. The standard InChI is InChI=1S/2C16H28NP.2ClH.Pd/c2*1-15(2,3)13-11(17(7)8)9-10-12(18)14(13)16(4,5)6;;;/h2*9-10H,18H2,1-8H3;2*1H;. The van der Waals surface area contributed by atoms with Gasteiger partial charge in [-0.25, -0.2) is 0 Å². The summed E-state index contributed by atoms with van der Waals surface area (Å²) in [6.45, 7) is 26.4. The van der Waals surface area contributed by atoms with Crippen LogP contribution in [-0.4, -0.2) is 28.2 Å². The molecule has 230 valence electrons. The van der Waals surface area contributed by atoms with E-state index >= 15 is 0 Å². The molecule has 0 aliphatic carbocycles. The molecule has 0 aliphatic rings. The second kappa shape index (κ2) is 12.0. The van der Waals surface area contributed by atoms with Crippen molar-refractivity contribution < 1.29 is 12.5 Å². The van der Waals surface area contributed by atoms with E-state index in [4.69, 9.17) is 19.1 Å². The zero-order valence-electron chi connectivity index (χ0n) is 27.7. The number of hydrogen-bond donors (Lipinski definition) is 0. The van der Waals surface area contributed by atoms with Gasteiger partial charge in [0.05, 0.1) is 0 Å². The van der Waals surface area contributed by atoms with Crippen molar-refractivity contribution in [2.75, 3.05) is 38.0 Å². The SMILES string of the molecule is CN(C)c1ccc([PH3][Pd]([Cl])([Cl])[PH3]c2ccc(N(C)C)c(C(C)(C)C)c2C(C)(C)C)c(C(C)(C)C)c1C(C)(C)C. The molecular weight excluding hydrogens is 652 g/mol. The molecule has 0 aliphatic heterocycles. The average Bonchev–Trinajstić information content (AvgIpc) is 2.69. The van der Waals surface area contributed by atoms with Crippen LogP contribution in [0.2, 0.25) is 0 Å². The molecule has 7 heteroatoms. The van der Waals surface area contributed by atoms with Crippen LogP contribution in [0.3, 0.4) is 0 Å². The number of anilines is 2. The fraction of sp³-hybridized carbons (Fsp3) is 0.625. The first-order valence-corrected chi connectivity index (χ1v) is 26.9. The van der Waals surface area contributed by atoms with Crippen LogP contribution < -0.4 is 20.4 Å². The Labute approximate surface area is 254 Å². The van der Waals surface area contributed by atoms with Gasteiger partial charge in [0.25, 0.3) is 0 Å². The Morgan fingerprint density at radius 3 is 0.949 bits per heavy atom. The van der Waals surface area contributed by atoms with Crippen LogP contribution in [0.25, 0.3) is 0 Å². The summed E-state index contributed by atoms with van der Waals surface area (Å²) in [6, 6.07) is 9.40. The average molecular weight is 710 g/mol. The minimum absolute atomic E-state index is 0.0158. The van der Waals surface area contributed by atoms with Crippen LogP contribution in [0, 0.1) is 0 Å². The third-order valence-electron chi connectivity index (χ3n) is 7.07. The first-order valence-electron chi connectivity index (χ1n) is 14.0. The Morgan fingerprint density at radius 1 is 0.487 bits per heavy atom. The molecule has 0 saturated carbocycles. The van der Waals surface area contributed by atoms with Gasteiger partial charge in [0.1, 0.15) is 0 Å². The summed E-state index contributed by atoms with van der Waals surface area (Å²) in [7, 11) is 23.8. The van der Waals surface area contributed by atoms with Gasteiger partial charge in [-0.15, -0.1) is 0 Å². The maximum atomic E-state index is 7.61. The van der Waals surface area contributed by atoms with Gasteiger partial charge in [-0.05, 0) is 0 Å². The van der Waals surface area contributed by atoms with Crippen LogP contribution >= 0.6 is 32.6 Å². The summed E-state index contributed by atoms with van der Waals surface area (Å²) >= 11 is -2.61. The van der Waals surface area contributed by atoms with Crippen molar-refractivity contribution >= 4 is 54.6 Å². The van der Waals surface area contributed by atoms with Crippen LogP contribution in [0.5, 0.6) is 0 Å². The van der Waals surface area contributed by atoms with E-state index < -0.39 is 26.0 Å². The predicted octanol–water partition coefficient (Wildman–Crippen LogP) is 8.54. The zero-order valence-corrected chi connectivity index (χ0v) is 33.6. The first kappa shape index (κ1) is 35.3. The summed E-state index contributed by atoms with van der Waals surface area (Å²) in [5.41, 5.74) is 8.57. The molecule has 0 heterocycles. The molecule has 0 saturated heterocycles. The van der Waals surface area contributed by atoms with Crippen LogP contribution in [-0.2, 0) is 34.2 Å². The van der Waals surface area contributed by atoms with E-state index in [9.17, 15) is 0 Å². The molecular formula is C32H58Cl2N2P2Pd. The number of hydrogen-bond acceptors (Lipinski definition) is 2. The molecule has 39 heavy (non-hydrogen) atoms. The molecule has 0 fully saturated rings. The fourth-order valence-electron chi connectivity index (χ4n) is 5.83. The summed E-state index contributed by atoms with van der Waals surface area (Å²) < 4.78 is 0. The molecule has 0 spiro atoms. The normalized spacial score (nSPS) is 14.2. The van der Waals surface area contributed by atoms with Gasteiger partial charge in [-0.2, -0.15) is 0 Å². The summed E-state index contributed by atoms with van der Waals surface area (Å²) in [5, 5.41) is 2.96. The van der Waals surface area contributed by atoms with Crippen molar-refractivity contribution in [3.8, 4) is 0 Å². The number of halogens is 2. The molecule has 0 unspecified atom stereocenters. The Hall–Kier alpha value is 0.142. The van der Waals surface area contributed by atoms with Crippen molar-refractivity contribution in [2.24, 2.45) is 0 Å². The first-order chi connectivity index (χ1) is 17.3. The zero-order chi connectivity index (χ0) is 30.5. The van der Waals surface area contributed by atoms with Crippen molar-refractivity contribution in [1.29, 1.82) is 0 Å². The van der Waals surface area contributed by atoms with Gasteiger partial charge in [0.2, 0.25) is 0 Å². The Kier molecular flexibility index (Phi) is 10.9. The molecule has 0 N–H and O–H groups in total. The molecule has 2 rings (SSSR count). The van der Waals surface area contributed by atoms with E-state index in [1.165, 1.54) is 44.2 Å². The van der Waals surface area contributed by atoms with Gasteiger partial charge in [-0.1, -0.05) is 0 Å². The number of nitrogens with zero attached hydrogens (tertiary/aromatic N) is 2. The topological polar surface area (TPSA) is 6.48 Å². The number of rotatable bonds is 6. The molecule has 0 radical (unpaired) electrons. The predicted molar refractivity (Wildman–Crippen MR) is 190 cm³/mol. The fourth-order valence-corrected chi connectivity index (χ4v) is 31.1. The van der Waals surface area contributed by atoms with Crippen molar-refractivity contribution in [1.82, 2.24) is 0 Å². The molecule has 0 bridgehead atoms. The van der Waals surface area contributed by atoms with Crippen molar-refractivity contribution in [3.05, 3.63) is 46.5 Å². The Bertz CT molecular complexity index is 1090. The summed E-state index contributed by atoms with van der Waals surface area (Å²) in [5.74, 6) is 0. The van der Waals surface area contributed by atoms with E-state index in [1.54, 1.807) is 0 Å². The van der Waals surface area contributed by atoms with Crippen molar-refractivity contribution in [2.45, 2.75) is 105 Å². The maximum absolute atomic E-state index is 7.61. The molecule has 0 aromatic heterocycles. The van der Waals surface area contributed by atoms with Crippen LogP contribution in [0.1, 0.15) is 105 Å². The van der Waals surface area contributed by atoms with Gasteiger partial charge >= 0.3 is 256 Å². The van der Waals surface area contributed by atoms with Gasteiger partial charge < -0.3 is 0 Å². The van der Waals surface area contributed by atoms with Crippen LogP contribution in [0.4, 0.5) is 11.4 Å². The molecule has 2 aromatic carbocycles. The van der Waals surface area contributed by atoms with Gasteiger partial charge in [0.15, 0.2) is 0 Å². The minimum atomic E-state index is -2.61. The molecule has 2 aromatic rings. The monoisotopic (exact) mass is 708 g/mol. The summed E-state index contributed by atoms with van der Waals surface area (Å²) in [6.07, 6.45) is 0. The van der Waals surface area contributed by atoms with Crippen LogP contribution in [0.15, 0.2) is 24.3 Å². The van der Waals surface area contributed by atoms with Gasteiger partial charge in [0, 0.05) is 0 Å². The van der Waals surface area contributed by atoms with E-state index in [0.29, 0.717) is 0 Å². The number of benzene rings is 2. The Morgan fingerprint density at radius 2 is 0.744 bits per heavy atom. The third kappa shape index (κ3) is 8.59. The van der Waals surface area contributed by atoms with Crippen molar-refractivity contribution in [3.63, 3.8) is 0 Å². The molecule has 2 nitrogen and oxygen atoms in total. The van der Waals surface area contributed by atoms with E-state index in [1.807, 2.05) is 0 Å².